The van der Waals surface area contributed by atoms with E-state index >= 15 is 0 Å². The van der Waals surface area contributed by atoms with E-state index in [1.807, 2.05) is 62.7 Å². The molecule has 3 N–H and O–H groups in total. The molecule has 0 spiro atoms. The predicted molar refractivity (Wildman–Crippen MR) is 190 cm³/mol. The van der Waals surface area contributed by atoms with Crippen molar-refractivity contribution in [2.24, 2.45) is 0 Å². The lowest BCUT2D eigenvalue weighted by atomic mass is 9.84. The molecule has 2 atom stereocenters. The van der Waals surface area contributed by atoms with Gasteiger partial charge in [-0.3, -0.25) is 13.9 Å². The molecule has 1 aliphatic rings. The molecule has 0 bridgehead atoms. The number of ether oxygens (including phenoxy) is 1. The summed E-state index contributed by atoms with van der Waals surface area (Å²) >= 11 is 0. The fraction of sp³-hybridized carbons (Fsp3) is 0.353. The third-order valence-electron chi connectivity index (χ3n) is 8.94. The molecule has 16 heteroatoms. The lowest BCUT2D eigenvalue weighted by Gasteiger charge is -2.41. The van der Waals surface area contributed by atoms with Crippen LogP contribution in [0.5, 0.6) is 5.88 Å². The summed E-state index contributed by atoms with van der Waals surface area (Å²) in [6.07, 6.45) is 5.47. The Bertz CT molecular complexity index is 2160. The molecule has 2 unspecified atom stereocenters. The molecule has 2 aromatic carbocycles. The first-order valence-electron chi connectivity index (χ1n) is 16.2. The molecule has 0 fully saturated rings. The van der Waals surface area contributed by atoms with E-state index in [1.54, 1.807) is 22.6 Å². The first-order chi connectivity index (χ1) is 23.8. The number of nitrogens with zero attached hydrogens (tertiary/aromatic N) is 7. The van der Waals surface area contributed by atoms with Crippen molar-refractivity contribution in [1.29, 1.82) is 0 Å². The maximum absolute atomic E-state index is 13.6. The molecule has 4 heterocycles. The van der Waals surface area contributed by atoms with Gasteiger partial charge >= 0.3 is 0 Å². The van der Waals surface area contributed by atoms with Gasteiger partial charge in [0.25, 0.3) is 0 Å². The summed E-state index contributed by atoms with van der Waals surface area (Å²) in [4.78, 5) is 26.0. The Labute approximate surface area is 292 Å². The molecule has 50 heavy (non-hydrogen) atoms. The lowest BCUT2D eigenvalue weighted by molar-refractivity contribution is -0.116. The molecule has 0 saturated heterocycles. The number of rotatable bonds is 10. The van der Waals surface area contributed by atoms with E-state index in [-0.39, 0.29) is 53.1 Å². The molecule has 1 amide bonds. The van der Waals surface area contributed by atoms with Gasteiger partial charge in [0.15, 0.2) is 0 Å². The highest BCUT2D eigenvalue weighted by atomic mass is 32.3. The van der Waals surface area contributed by atoms with Crippen molar-refractivity contribution in [3.63, 3.8) is 0 Å². The van der Waals surface area contributed by atoms with E-state index in [0.717, 1.165) is 45.1 Å². The van der Waals surface area contributed by atoms with Crippen molar-refractivity contribution in [2.75, 3.05) is 18.1 Å². The van der Waals surface area contributed by atoms with Crippen LogP contribution in [0.1, 0.15) is 60.4 Å². The maximum atomic E-state index is 13.6. The van der Waals surface area contributed by atoms with Crippen LogP contribution >= 0.6 is 10.8 Å². The zero-order chi connectivity index (χ0) is 35.8. The number of sulfone groups is 1. The van der Waals surface area contributed by atoms with Crippen LogP contribution < -0.4 is 10.1 Å². The zero-order valence-corrected chi connectivity index (χ0v) is 30.1. The second kappa shape index (κ2) is 14.0. The Hall–Kier alpha value is -4.48. The normalized spacial score (nSPS) is 17.4. The molecule has 0 radical (unpaired) electrons. The van der Waals surface area contributed by atoms with Crippen molar-refractivity contribution in [3.8, 4) is 5.88 Å². The quantitative estimate of drug-likeness (QED) is 0.154. The fourth-order valence-electron chi connectivity index (χ4n) is 6.14. The summed E-state index contributed by atoms with van der Waals surface area (Å²) in [6.45, 7) is 9.04. The Kier molecular flexibility index (Phi) is 9.92. The van der Waals surface area contributed by atoms with Crippen molar-refractivity contribution in [2.45, 2.75) is 75.7 Å². The third kappa shape index (κ3) is 7.07. The Morgan fingerprint density at radius 3 is 2.56 bits per heavy atom. The summed E-state index contributed by atoms with van der Waals surface area (Å²) < 4.78 is 56.4. The standard InChI is InChI=1S/C34H40N8O6S2/c1-6-26-20-41(50(46,47)30-9-8-14-35-33(30)48-26)19-24-15-23(11-10-21(24)3)28(27-12-13-29-32(22(27)4)39-40-42(29)7-2)16-31(43)38-25-17-36-34(37-18-25)49(5,44)45/h8-15,17-18,26,28,46-47H,6-7,16,19-20H2,1-5H3,(H,38,43). The van der Waals surface area contributed by atoms with Gasteiger partial charge in [0, 0.05) is 37.9 Å². The van der Waals surface area contributed by atoms with Gasteiger partial charge in [0.2, 0.25) is 26.8 Å². The van der Waals surface area contributed by atoms with Gasteiger partial charge in [-0.25, -0.2) is 28.1 Å². The fourth-order valence-corrected chi connectivity index (χ4v) is 8.20. The summed E-state index contributed by atoms with van der Waals surface area (Å²) in [6, 6.07) is 13.2. The number of fused-ring (bicyclic) bond motifs is 2. The topological polar surface area (TPSA) is 186 Å². The zero-order valence-electron chi connectivity index (χ0n) is 28.4. The number of nitrogens with one attached hydrogen (secondary N) is 1. The van der Waals surface area contributed by atoms with Crippen LogP contribution in [-0.4, -0.2) is 76.6 Å². The largest absolute Gasteiger partial charge is 0.472 e. The van der Waals surface area contributed by atoms with E-state index < -0.39 is 26.5 Å². The molecule has 5 aromatic rings. The predicted octanol–water partition coefficient (Wildman–Crippen LogP) is 5.51. The van der Waals surface area contributed by atoms with Crippen LogP contribution in [0.2, 0.25) is 0 Å². The molecular formula is C34H40N8O6S2. The monoisotopic (exact) mass is 720 g/mol. The van der Waals surface area contributed by atoms with Gasteiger partial charge in [-0.1, -0.05) is 36.4 Å². The molecular weight excluding hydrogens is 681 g/mol. The second-order valence-electron chi connectivity index (χ2n) is 12.4. The molecule has 0 aliphatic carbocycles. The third-order valence-corrected chi connectivity index (χ3v) is 11.7. The number of aryl methyl sites for hydroxylation is 3. The SMILES string of the molecule is CCC1CN(Cc2cc(C(CC(=O)Nc3cnc(S(C)(=O)=O)nc3)c3ccc4c(nnn4CC)c3C)ccc2C)S(O)(O)c2cccnc2O1. The minimum Gasteiger partial charge on any atom is -0.472 e. The summed E-state index contributed by atoms with van der Waals surface area (Å²) in [7, 11) is -7.05. The Morgan fingerprint density at radius 1 is 1.10 bits per heavy atom. The van der Waals surface area contributed by atoms with Gasteiger partial charge in [-0.2, -0.15) is 4.31 Å². The summed E-state index contributed by atoms with van der Waals surface area (Å²) in [5.74, 6) is -0.554. The number of amides is 1. The van der Waals surface area contributed by atoms with Crippen LogP contribution in [-0.2, 0) is 27.7 Å². The van der Waals surface area contributed by atoms with Gasteiger partial charge in [-0.15, -0.1) is 15.9 Å². The van der Waals surface area contributed by atoms with Crippen molar-refractivity contribution in [1.82, 2.24) is 34.3 Å². The van der Waals surface area contributed by atoms with Gasteiger partial charge in [0.05, 0.1) is 30.1 Å². The number of benzene rings is 2. The van der Waals surface area contributed by atoms with E-state index in [9.17, 15) is 22.3 Å². The number of hydrogen-bond acceptors (Lipinski definition) is 12. The molecule has 264 valence electrons. The average Bonchev–Trinajstić information content (AvgIpc) is 3.47. The number of pyridine rings is 1. The van der Waals surface area contributed by atoms with Crippen molar-refractivity contribution >= 4 is 43.2 Å². The number of aromatic nitrogens is 6. The smallest absolute Gasteiger partial charge is 0.246 e. The molecule has 0 saturated carbocycles. The Balaban J connectivity index is 1.37. The minimum atomic E-state index is -3.60. The van der Waals surface area contributed by atoms with Crippen molar-refractivity contribution < 1.29 is 27.1 Å². The Morgan fingerprint density at radius 2 is 1.86 bits per heavy atom. The number of hydrogen-bond donors (Lipinski definition) is 3. The van der Waals surface area contributed by atoms with E-state index in [2.05, 4.69) is 30.6 Å². The van der Waals surface area contributed by atoms with Crippen LogP contribution in [0.25, 0.3) is 11.0 Å². The summed E-state index contributed by atoms with van der Waals surface area (Å²) in [5, 5.41) is 11.2. The highest BCUT2D eigenvalue weighted by molar-refractivity contribution is 8.22. The number of carbonyl (C=O) groups excluding carboxylic acids is 1. The lowest BCUT2D eigenvalue weighted by Crippen LogP contribution is -2.34. The summed E-state index contributed by atoms with van der Waals surface area (Å²) in [5.41, 5.74) is 6.30. The van der Waals surface area contributed by atoms with E-state index in [0.29, 0.717) is 13.0 Å². The molecule has 1 aliphatic heterocycles. The highest BCUT2D eigenvalue weighted by Crippen LogP contribution is 2.57. The molecule has 3 aromatic heterocycles. The van der Waals surface area contributed by atoms with Crippen LogP contribution in [0.4, 0.5) is 5.69 Å². The van der Waals surface area contributed by atoms with Crippen molar-refractivity contribution in [3.05, 3.63) is 88.9 Å². The number of anilines is 1. The average molecular weight is 721 g/mol. The first kappa shape index (κ1) is 35.3. The van der Waals surface area contributed by atoms with E-state index in [4.69, 9.17) is 4.74 Å². The molecule has 6 rings (SSSR count). The van der Waals surface area contributed by atoms with Gasteiger partial charge < -0.3 is 10.1 Å². The van der Waals surface area contributed by atoms with Crippen LogP contribution in [0.3, 0.4) is 0 Å². The number of carbonyl (C=O) groups is 1. The first-order valence-corrected chi connectivity index (χ1v) is 19.6. The van der Waals surface area contributed by atoms with Crippen LogP contribution in [0, 0.1) is 13.8 Å². The van der Waals surface area contributed by atoms with Gasteiger partial charge in [0.1, 0.15) is 16.5 Å². The highest BCUT2D eigenvalue weighted by Gasteiger charge is 2.36. The minimum absolute atomic E-state index is 0.0221. The van der Waals surface area contributed by atoms with Gasteiger partial charge in [-0.05, 0) is 73.2 Å². The van der Waals surface area contributed by atoms with E-state index in [1.165, 1.54) is 12.4 Å². The second-order valence-corrected chi connectivity index (χ2v) is 16.3. The van der Waals surface area contributed by atoms with Crippen LogP contribution in [0.15, 0.2) is 71.1 Å². The molecule has 14 nitrogen and oxygen atoms in total. The maximum Gasteiger partial charge on any atom is 0.246 e.